The summed E-state index contributed by atoms with van der Waals surface area (Å²) in [6.07, 6.45) is 18.7. The van der Waals surface area contributed by atoms with Crippen molar-refractivity contribution in [3.8, 4) is 0 Å². The molecule has 0 radical (unpaired) electrons. The third kappa shape index (κ3) is 17.4. The van der Waals surface area contributed by atoms with Crippen molar-refractivity contribution >= 4 is 5.97 Å². The molecule has 0 aromatic heterocycles. The molecule has 3 heteroatoms. The SMILES string of the molecule is CCCCCCCCCCCCC[C@@H](O)C/C=C/C(=O)OCC. The number of ether oxygens (including phenoxy) is 1. The standard InChI is InChI=1S/C20H38O3/c1-3-5-6-7-8-9-10-11-12-13-14-16-19(21)17-15-18-20(22)23-4-2/h15,18-19,21H,3-14,16-17H2,1-2H3/b18-15+/t19-/m1/s1. The first-order chi connectivity index (χ1) is 11.2. The molecule has 1 N–H and O–H groups in total. The molecule has 3 nitrogen and oxygen atoms in total. The summed E-state index contributed by atoms with van der Waals surface area (Å²) in [7, 11) is 0. The van der Waals surface area contributed by atoms with Crippen LogP contribution in [-0.2, 0) is 9.53 Å². The fourth-order valence-corrected chi connectivity index (χ4v) is 2.67. The normalized spacial score (nSPS) is 12.7. The fourth-order valence-electron chi connectivity index (χ4n) is 2.67. The van der Waals surface area contributed by atoms with Crippen LogP contribution in [0.1, 0.15) is 97.3 Å². The van der Waals surface area contributed by atoms with E-state index in [1.165, 1.54) is 70.3 Å². The Labute approximate surface area is 143 Å². The molecular formula is C20H38O3. The van der Waals surface area contributed by atoms with E-state index in [-0.39, 0.29) is 12.1 Å². The van der Waals surface area contributed by atoms with Crippen LogP contribution in [0.3, 0.4) is 0 Å². The van der Waals surface area contributed by atoms with Crippen molar-refractivity contribution in [3.05, 3.63) is 12.2 Å². The summed E-state index contributed by atoms with van der Waals surface area (Å²) in [6, 6.07) is 0. The third-order valence-electron chi connectivity index (χ3n) is 4.09. The summed E-state index contributed by atoms with van der Waals surface area (Å²) in [5.74, 6) is -0.325. The zero-order chi connectivity index (χ0) is 17.2. The molecule has 0 rings (SSSR count). The van der Waals surface area contributed by atoms with Crippen LogP contribution in [0.4, 0.5) is 0 Å². The van der Waals surface area contributed by atoms with E-state index in [2.05, 4.69) is 6.92 Å². The molecule has 0 unspecified atom stereocenters. The highest BCUT2D eigenvalue weighted by Gasteiger charge is 2.02. The largest absolute Gasteiger partial charge is 0.463 e. The lowest BCUT2D eigenvalue weighted by atomic mass is 10.0. The maximum atomic E-state index is 11.1. The molecule has 23 heavy (non-hydrogen) atoms. The predicted molar refractivity (Wildman–Crippen MR) is 97.5 cm³/mol. The quantitative estimate of drug-likeness (QED) is 0.229. The molecule has 0 bridgehead atoms. The van der Waals surface area contributed by atoms with Gasteiger partial charge < -0.3 is 9.84 Å². The van der Waals surface area contributed by atoms with Crippen LogP contribution in [0.25, 0.3) is 0 Å². The lowest BCUT2D eigenvalue weighted by Gasteiger charge is -2.07. The summed E-state index contributed by atoms with van der Waals surface area (Å²) in [4.78, 5) is 11.1. The zero-order valence-corrected chi connectivity index (χ0v) is 15.4. The summed E-state index contributed by atoms with van der Waals surface area (Å²) in [6.45, 7) is 4.44. The Bertz CT molecular complexity index is 287. The van der Waals surface area contributed by atoms with E-state index < -0.39 is 0 Å². The van der Waals surface area contributed by atoms with Crippen molar-refractivity contribution in [1.29, 1.82) is 0 Å². The summed E-state index contributed by atoms with van der Waals surface area (Å²) in [5.41, 5.74) is 0. The van der Waals surface area contributed by atoms with Crippen LogP contribution in [0.2, 0.25) is 0 Å². The summed E-state index contributed by atoms with van der Waals surface area (Å²) >= 11 is 0. The molecule has 0 aliphatic rings. The first-order valence-electron chi connectivity index (χ1n) is 9.72. The highest BCUT2D eigenvalue weighted by Crippen LogP contribution is 2.13. The van der Waals surface area contributed by atoms with Gasteiger partial charge in [0, 0.05) is 6.08 Å². The molecule has 0 saturated heterocycles. The van der Waals surface area contributed by atoms with Gasteiger partial charge in [0.2, 0.25) is 0 Å². The second-order valence-electron chi connectivity index (χ2n) is 6.37. The number of aliphatic hydroxyl groups is 1. The van der Waals surface area contributed by atoms with Gasteiger partial charge in [-0.05, 0) is 19.8 Å². The molecular weight excluding hydrogens is 288 g/mol. The number of carbonyl (C=O) groups is 1. The monoisotopic (exact) mass is 326 g/mol. The number of unbranched alkanes of at least 4 members (excludes halogenated alkanes) is 10. The van der Waals surface area contributed by atoms with E-state index in [0.717, 1.165) is 12.8 Å². The number of esters is 1. The fraction of sp³-hybridized carbons (Fsp3) is 0.850. The Kier molecular flexibility index (Phi) is 16.9. The van der Waals surface area contributed by atoms with Gasteiger partial charge in [0.1, 0.15) is 0 Å². The van der Waals surface area contributed by atoms with E-state index in [0.29, 0.717) is 13.0 Å². The smallest absolute Gasteiger partial charge is 0.330 e. The van der Waals surface area contributed by atoms with Gasteiger partial charge in [-0.1, -0.05) is 83.6 Å². The van der Waals surface area contributed by atoms with Crippen LogP contribution in [0.15, 0.2) is 12.2 Å². The predicted octanol–water partition coefficient (Wildman–Crippen LogP) is 5.56. The lowest BCUT2D eigenvalue weighted by molar-refractivity contribution is -0.137. The van der Waals surface area contributed by atoms with E-state index in [1.807, 2.05) is 0 Å². The van der Waals surface area contributed by atoms with Crippen LogP contribution >= 0.6 is 0 Å². The molecule has 0 aromatic carbocycles. The molecule has 0 fully saturated rings. The van der Waals surface area contributed by atoms with E-state index in [4.69, 9.17) is 4.74 Å². The third-order valence-corrected chi connectivity index (χ3v) is 4.09. The molecule has 136 valence electrons. The van der Waals surface area contributed by atoms with Crippen molar-refractivity contribution in [2.24, 2.45) is 0 Å². The Balaban J connectivity index is 3.29. The number of hydrogen-bond acceptors (Lipinski definition) is 3. The average Bonchev–Trinajstić information content (AvgIpc) is 2.53. The maximum Gasteiger partial charge on any atom is 0.330 e. The van der Waals surface area contributed by atoms with Crippen LogP contribution < -0.4 is 0 Å². The second kappa shape index (κ2) is 17.5. The highest BCUT2D eigenvalue weighted by molar-refractivity contribution is 5.81. The van der Waals surface area contributed by atoms with Gasteiger partial charge >= 0.3 is 5.97 Å². The molecule has 0 heterocycles. The van der Waals surface area contributed by atoms with Gasteiger partial charge in [-0.15, -0.1) is 0 Å². The summed E-state index contributed by atoms with van der Waals surface area (Å²) < 4.78 is 4.79. The highest BCUT2D eigenvalue weighted by atomic mass is 16.5. The Morgan fingerprint density at radius 3 is 1.96 bits per heavy atom. The minimum atomic E-state index is -0.334. The van der Waals surface area contributed by atoms with Crippen LogP contribution in [0, 0.1) is 0 Å². The van der Waals surface area contributed by atoms with Crippen molar-refractivity contribution < 1.29 is 14.6 Å². The molecule has 0 aliphatic heterocycles. The Morgan fingerprint density at radius 1 is 0.913 bits per heavy atom. The average molecular weight is 327 g/mol. The maximum absolute atomic E-state index is 11.1. The van der Waals surface area contributed by atoms with Crippen LogP contribution in [0.5, 0.6) is 0 Å². The molecule has 0 aliphatic carbocycles. The molecule has 0 aromatic rings. The minimum absolute atomic E-state index is 0.325. The van der Waals surface area contributed by atoms with E-state index in [9.17, 15) is 9.90 Å². The Morgan fingerprint density at radius 2 is 1.43 bits per heavy atom. The number of aliphatic hydroxyl groups excluding tert-OH is 1. The Hall–Kier alpha value is -0.830. The summed E-state index contributed by atoms with van der Waals surface area (Å²) in [5, 5.41) is 9.83. The molecule has 0 spiro atoms. The van der Waals surface area contributed by atoms with Gasteiger partial charge in [0.05, 0.1) is 12.7 Å². The van der Waals surface area contributed by atoms with Crippen molar-refractivity contribution in [2.45, 2.75) is 103 Å². The lowest BCUT2D eigenvalue weighted by Crippen LogP contribution is -2.05. The second-order valence-corrected chi connectivity index (χ2v) is 6.37. The molecule has 1 atom stereocenters. The van der Waals surface area contributed by atoms with Gasteiger partial charge in [-0.2, -0.15) is 0 Å². The molecule has 0 saturated carbocycles. The van der Waals surface area contributed by atoms with Gasteiger partial charge in [-0.3, -0.25) is 0 Å². The first kappa shape index (κ1) is 22.2. The molecule has 0 amide bonds. The number of hydrogen-bond donors (Lipinski definition) is 1. The van der Waals surface area contributed by atoms with Crippen molar-refractivity contribution in [3.63, 3.8) is 0 Å². The van der Waals surface area contributed by atoms with Gasteiger partial charge in [0.15, 0.2) is 0 Å². The van der Waals surface area contributed by atoms with E-state index in [1.54, 1.807) is 13.0 Å². The number of carbonyl (C=O) groups excluding carboxylic acids is 1. The topological polar surface area (TPSA) is 46.5 Å². The van der Waals surface area contributed by atoms with Crippen LogP contribution in [-0.4, -0.2) is 23.8 Å². The van der Waals surface area contributed by atoms with E-state index >= 15 is 0 Å². The van der Waals surface area contributed by atoms with Gasteiger partial charge in [0.25, 0.3) is 0 Å². The van der Waals surface area contributed by atoms with Crippen molar-refractivity contribution in [1.82, 2.24) is 0 Å². The minimum Gasteiger partial charge on any atom is -0.463 e. The zero-order valence-electron chi connectivity index (χ0n) is 15.4. The number of rotatable bonds is 16. The first-order valence-corrected chi connectivity index (χ1v) is 9.72. The van der Waals surface area contributed by atoms with Crippen molar-refractivity contribution in [2.75, 3.05) is 6.61 Å². The van der Waals surface area contributed by atoms with Gasteiger partial charge in [-0.25, -0.2) is 4.79 Å².